The predicted octanol–water partition coefficient (Wildman–Crippen LogP) is 3.77. The van der Waals surface area contributed by atoms with Crippen LogP contribution in [0.25, 0.3) is 0 Å². The van der Waals surface area contributed by atoms with Crippen LogP contribution < -0.4 is 5.01 Å². The zero-order chi connectivity index (χ0) is 19.1. The van der Waals surface area contributed by atoms with Gasteiger partial charge in [-0.15, -0.1) is 0 Å². The van der Waals surface area contributed by atoms with Crippen molar-refractivity contribution in [2.24, 2.45) is 5.10 Å². The third-order valence-corrected chi connectivity index (χ3v) is 4.13. The number of hydrazone groups is 1. The van der Waals surface area contributed by atoms with Crippen molar-refractivity contribution in [3.05, 3.63) is 69.8 Å². The summed E-state index contributed by atoms with van der Waals surface area (Å²) in [6.07, 6.45) is -5.73. The molecule has 0 radical (unpaired) electrons. The van der Waals surface area contributed by atoms with Gasteiger partial charge in [0.25, 0.3) is 11.4 Å². The Hall–Kier alpha value is -2.94. The number of nitro benzene ring substituents is 1. The summed E-state index contributed by atoms with van der Waals surface area (Å²) in [5, 5.41) is 25.5. The molecule has 2 aromatic carbocycles. The van der Waals surface area contributed by atoms with E-state index in [-0.39, 0.29) is 17.1 Å². The quantitative estimate of drug-likeness (QED) is 0.663. The monoisotopic (exact) mass is 365 g/mol. The van der Waals surface area contributed by atoms with Crippen molar-refractivity contribution in [1.29, 1.82) is 0 Å². The molecule has 1 aliphatic heterocycles. The molecule has 0 spiro atoms. The minimum absolute atomic E-state index is 0.0724. The SMILES string of the molecule is Cc1ccc(C2=NN(c3ccc([N+](=O)[O-])cc3)C(O)(C(F)(F)F)C2)cc1. The van der Waals surface area contributed by atoms with Crippen molar-refractivity contribution in [2.75, 3.05) is 5.01 Å². The highest BCUT2D eigenvalue weighted by molar-refractivity contribution is 6.03. The van der Waals surface area contributed by atoms with Crippen molar-refractivity contribution in [1.82, 2.24) is 0 Å². The number of benzene rings is 2. The van der Waals surface area contributed by atoms with Gasteiger partial charge in [0, 0.05) is 12.1 Å². The molecule has 9 heteroatoms. The second-order valence-electron chi connectivity index (χ2n) is 5.99. The number of hydrogen-bond donors (Lipinski definition) is 1. The van der Waals surface area contributed by atoms with E-state index in [9.17, 15) is 28.4 Å². The van der Waals surface area contributed by atoms with Crippen molar-refractivity contribution < 1.29 is 23.2 Å². The zero-order valence-electron chi connectivity index (χ0n) is 13.6. The van der Waals surface area contributed by atoms with Crippen LogP contribution in [-0.4, -0.2) is 27.6 Å². The zero-order valence-corrected chi connectivity index (χ0v) is 13.6. The van der Waals surface area contributed by atoms with Crippen molar-refractivity contribution >= 4 is 17.1 Å². The van der Waals surface area contributed by atoms with Gasteiger partial charge in [-0.25, -0.2) is 5.01 Å². The van der Waals surface area contributed by atoms with E-state index < -0.39 is 23.2 Å². The molecule has 0 saturated heterocycles. The molecule has 26 heavy (non-hydrogen) atoms. The summed E-state index contributed by atoms with van der Waals surface area (Å²) in [7, 11) is 0. The van der Waals surface area contributed by atoms with Crippen LogP contribution in [-0.2, 0) is 0 Å². The number of aryl methyl sites for hydroxylation is 1. The van der Waals surface area contributed by atoms with Gasteiger partial charge in [-0.3, -0.25) is 10.1 Å². The van der Waals surface area contributed by atoms with Crippen LogP contribution in [0.3, 0.4) is 0 Å². The first-order valence-electron chi connectivity index (χ1n) is 7.60. The second-order valence-corrected chi connectivity index (χ2v) is 5.99. The molecule has 0 bridgehead atoms. The molecule has 0 aromatic heterocycles. The number of halogens is 3. The van der Waals surface area contributed by atoms with Crippen LogP contribution in [0.15, 0.2) is 53.6 Å². The minimum Gasteiger partial charge on any atom is -0.362 e. The molecule has 1 aliphatic rings. The van der Waals surface area contributed by atoms with Gasteiger partial charge in [0.1, 0.15) is 0 Å². The van der Waals surface area contributed by atoms with Gasteiger partial charge in [-0.1, -0.05) is 29.8 Å². The number of nitrogens with zero attached hydrogens (tertiary/aromatic N) is 3. The Balaban J connectivity index is 2.05. The first-order chi connectivity index (χ1) is 12.1. The maximum Gasteiger partial charge on any atom is 0.438 e. The van der Waals surface area contributed by atoms with E-state index in [4.69, 9.17) is 0 Å². The van der Waals surface area contributed by atoms with Gasteiger partial charge >= 0.3 is 6.18 Å². The standard InChI is InChI=1S/C17H14F3N3O3/c1-11-2-4-12(5-3-11)15-10-16(24,17(18,19)20)22(21-15)13-6-8-14(9-7-13)23(25)26/h2-9,24H,10H2,1H3. The highest BCUT2D eigenvalue weighted by Gasteiger charge is 2.62. The molecule has 1 unspecified atom stereocenters. The number of non-ortho nitro benzene ring substituents is 1. The smallest absolute Gasteiger partial charge is 0.362 e. The number of hydrogen-bond acceptors (Lipinski definition) is 5. The largest absolute Gasteiger partial charge is 0.438 e. The van der Waals surface area contributed by atoms with Gasteiger partial charge in [-0.05, 0) is 24.6 Å². The van der Waals surface area contributed by atoms with Crippen molar-refractivity contribution in [2.45, 2.75) is 25.2 Å². The lowest BCUT2D eigenvalue weighted by Crippen LogP contribution is -2.55. The van der Waals surface area contributed by atoms with Crippen molar-refractivity contribution in [3.63, 3.8) is 0 Å². The molecule has 1 atom stereocenters. The Kier molecular flexibility index (Phi) is 4.19. The third-order valence-electron chi connectivity index (χ3n) is 4.13. The summed E-state index contributed by atoms with van der Waals surface area (Å²) in [6.45, 7) is 1.84. The minimum atomic E-state index is -4.98. The average Bonchev–Trinajstić information content (AvgIpc) is 2.94. The number of alkyl halides is 3. The lowest BCUT2D eigenvalue weighted by molar-refractivity contribution is -0.384. The summed E-state index contributed by atoms with van der Waals surface area (Å²) < 4.78 is 40.7. The fraction of sp³-hybridized carbons (Fsp3) is 0.235. The predicted molar refractivity (Wildman–Crippen MR) is 88.9 cm³/mol. The van der Waals surface area contributed by atoms with E-state index in [1.807, 2.05) is 6.92 Å². The molecule has 1 heterocycles. The summed E-state index contributed by atoms with van der Waals surface area (Å²) in [4.78, 5) is 10.1. The molecule has 136 valence electrons. The summed E-state index contributed by atoms with van der Waals surface area (Å²) >= 11 is 0. The first kappa shape index (κ1) is 17.9. The highest BCUT2D eigenvalue weighted by atomic mass is 19.4. The number of anilines is 1. The van der Waals surface area contributed by atoms with Gasteiger partial charge in [0.05, 0.1) is 22.7 Å². The molecule has 0 amide bonds. The summed E-state index contributed by atoms with van der Waals surface area (Å²) in [6, 6.07) is 11.1. The Bertz CT molecular complexity index is 864. The normalized spacial score (nSPS) is 20.2. The van der Waals surface area contributed by atoms with E-state index in [1.165, 1.54) is 0 Å². The fourth-order valence-corrected chi connectivity index (χ4v) is 2.66. The van der Waals surface area contributed by atoms with Crippen molar-refractivity contribution in [3.8, 4) is 0 Å². The highest BCUT2D eigenvalue weighted by Crippen LogP contribution is 2.43. The van der Waals surface area contributed by atoms with Crippen LogP contribution in [0.1, 0.15) is 17.5 Å². The third kappa shape index (κ3) is 3.01. The molecule has 2 aromatic rings. The molecule has 0 saturated carbocycles. The van der Waals surface area contributed by atoms with Crippen LogP contribution >= 0.6 is 0 Å². The van der Waals surface area contributed by atoms with E-state index >= 15 is 0 Å². The molecule has 3 rings (SSSR count). The van der Waals surface area contributed by atoms with Crippen LogP contribution in [0.2, 0.25) is 0 Å². The molecular weight excluding hydrogens is 351 g/mol. The number of aliphatic hydroxyl groups is 1. The Morgan fingerprint density at radius 2 is 1.73 bits per heavy atom. The molecule has 6 nitrogen and oxygen atoms in total. The topological polar surface area (TPSA) is 79.0 Å². The molecule has 1 N–H and O–H groups in total. The van der Waals surface area contributed by atoms with Crippen LogP contribution in [0.4, 0.5) is 24.5 Å². The first-order valence-corrected chi connectivity index (χ1v) is 7.60. The molecule has 0 fully saturated rings. The van der Waals surface area contributed by atoms with Gasteiger partial charge in [0.15, 0.2) is 0 Å². The molecular formula is C17H14F3N3O3. The summed E-state index contributed by atoms with van der Waals surface area (Å²) in [5.41, 5.74) is -2.14. The lowest BCUT2D eigenvalue weighted by atomic mass is 10.00. The number of rotatable bonds is 3. The summed E-state index contributed by atoms with van der Waals surface area (Å²) in [5.74, 6) is 0. The van der Waals surface area contributed by atoms with Gasteiger partial charge in [0.2, 0.25) is 0 Å². The Morgan fingerprint density at radius 1 is 1.15 bits per heavy atom. The van der Waals surface area contributed by atoms with E-state index in [0.717, 1.165) is 29.8 Å². The lowest BCUT2D eigenvalue weighted by Gasteiger charge is -2.33. The fourth-order valence-electron chi connectivity index (χ4n) is 2.66. The average molecular weight is 365 g/mol. The molecule has 0 aliphatic carbocycles. The number of nitro groups is 1. The van der Waals surface area contributed by atoms with E-state index in [1.54, 1.807) is 24.3 Å². The Labute approximate surface area is 146 Å². The second kappa shape index (κ2) is 6.10. The van der Waals surface area contributed by atoms with Gasteiger partial charge < -0.3 is 5.11 Å². The Morgan fingerprint density at radius 3 is 2.23 bits per heavy atom. The van der Waals surface area contributed by atoms with E-state index in [2.05, 4.69) is 5.10 Å². The maximum absolute atomic E-state index is 13.6. The maximum atomic E-state index is 13.6. The van der Waals surface area contributed by atoms with Crippen LogP contribution in [0.5, 0.6) is 0 Å². The van der Waals surface area contributed by atoms with E-state index in [0.29, 0.717) is 10.6 Å². The van der Waals surface area contributed by atoms with Gasteiger partial charge in [-0.2, -0.15) is 18.3 Å². The van der Waals surface area contributed by atoms with Crippen LogP contribution in [0, 0.1) is 17.0 Å².